The van der Waals surface area contributed by atoms with Crippen molar-refractivity contribution in [3.8, 4) is 0 Å². The molecule has 2 unspecified atom stereocenters. The first-order valence-corrected chi connectivity index (χ1v) is 42.5. The molecule has 2 atom stereocenters. The number of allylic oxidation sites excluding steroid dienone is 10. The maximum absolute atomic E-state index is 12.9. The number of nitrogens with zero attached hydrogens (tertiary/aromatic N) is 1. The van der Waals surface area contributed by atoms with Crippen molar-refractivity contribution in [3.05, 3.63) is 60.8 Å². The summed E-state index contributed by atoms with van der Waals surface area (Å²) in [4.78, 5) is 36.0. The third kappa shape index (κ3) is 78.7. The predicted octanol–water partition coefficient (Wildman–Crippen LogP) is 27.3. The van der Waals surface area contributed by atoms with Gasteiger partial charge < -0.3 is 18.9 Å². The smallest absolute Gasteiger partial charge is 0.462 e. The van der Waals surface area contributed by atoms with Gasteiger partial charge in [-0.1, -0.05) is 376 Å². The second-order valence-electron chi connectivity index (χ2n) is 29.2. The normalized spacial score (nSPS) is 13.3. The topological polar surface area (TPSA) is 108 Å². The van der Waals surface area contributed by atoms with Crippen LogP contribution in [-0.2, 0) is 32.7 Å². The number of carbonyl (C=O) groups is 2. The Hall–Kier alpha value is -2.29. The number of phosphoric acid groups is 1. The molecule has 94 heavy (non-hydrogen) atoms. The minimum atomic E-state index is -4.39. The van der Waals surface area contributed by atoms with E-state index in [1.165, 1.54) is 327 Å². The number of rotatable bonds is 77. The number of carbonyl (C=O) groups excluding carboxylic acids is 2. The molecule has 0 saturated carbocycles. The van der Waals surface area contributed by atoms with Crippen LogP contribution in [0.2, 0.25) is 0 Å². The summed E-state index contributed by atoms with van der Waals surface area (Å²) in [7, 11) is 1.50. The zero-order valence-corrected chi connectivity index (χ0v) is 64.1. The molecule has 9 nitrogen and oxygen atoms in total. The Labute approximate surface area is 585 Å². The Balaban J connectivity index is 3.90. The first-order chi connectivity index (χ1) is 46.0. The van der Waals surface area contributed by atoms with E-state index in [9.17, 15) is 19.0 Å². The van der Waals surface area contributed by atoms with Gasteiger partial charge in [-0.05, 0) is 83.5 Å². The molecule has 0 saturated heterocycles. The number of hydrogen-bond acceptors (Lipinski definition) is 7. The third-order valence-corrected chi connectivity index (χ3v) is 19.5. The van der Waals surface area contributed by atoms with E-state index in [1.807, 2.05) is 21.1 Å². The lowest BCUT2D eigenvalue weighted by atomic mass is 10.0. The second-order valence-corrected chi connectivity index (χ2v) is 30.6. The zero-order chi connectivity index (χ0) is 68.3. The van der Waals surface area contributed by atoms with Crippen molar-refractivity contribution in [2.75, 3.05) is 47.5 Å². The summed E-state index contributed by atoms with van der Waals surface area (Å²) in [6.45, 7) is 4.48. The van der Waals surface area contributed by atoms with Gasteiger partial charge in [0.15, 0.2) is 6.10 Å². The average Bonchev–Trinajstić information content (AvgIpc) is 1.56. The lowest BCUT2D eigenvalue weighted by Gasteiger charge is -2.24. The average molecular weight is 1340 g/mol. The van der Waals surface area contributed by atoms with Crippen molar-refractivity contribution >= 4 is 19.8 Å². The lowest BCUT2D eigenvalue weighted by Crippen LogP contribution is -2.37. The summed E-state index contributed by atoms with van der Waals surface area (Å²) in [6, 6.07) is 0. The number of likely N-dealkylation sites (N-methyl/N-ethyl adjacent to an activating group) is 1. The Bertz CT molecular complexity index is 1770. The Morgan fingerprint density at radius 1 is 0.330 bits per heavy atom. The Kier molecular flexibility index (Phi) is 73.1. The van der Waals surface area contributed by atoms with Crippen molar-refractivity contribution in [2.24, 2.45) is 0 Å². The summed E-state index contributed by atoms with van der Waals surface area (Å²) in [5, 5.41) is 0. The van der Waals surface area contributed by atoms with Crippen molar-refractivity contribution < 1.29 is 42.1 Å². The van der Waals surface area contributed by atoms with Crippen LogP contribution in [0.15, 0.2) is 60.8 Å². The molecular formula is C84H159NO8P+. The van der Waals surface area contributed by atoms with Gasteiger partial charge in [-0.25, -0.2) is 4.57 Å². The Morgan fingerprint density at radius 3 is 0.851 bits per heavy atom. The molecule has 0 aliphatic heterocycles. The fourth-order valence-electron chi connectivity index (χ4n) is 12.2. The van der Waals surface area contributed by atoms with E-state index >= 15 is 0 Å². The van der Waals surface area contributed by atoms with Gasteiger partial charge in [-0.15, -0.1) is 0 Å². The zero-order valence-electron chi connectivity index (χ0n) is 63.2. The molecule has 0 aromatic rings. The molecule has 0 heterocycles. The van der Waals surface area contributed by atoms with Gasteiger partial charge in [-0.2, -0.15) is 0 Å². The van der Waals surface area contributed by atoms with Gasteiger partial charge >= 0.3 is 19.8 Å². The molecule has 10 heteroatoms. The fourth-order valence-corrected chi connectivity index (χ4v) is 13.0. The van der Waals surface area contributed by atoms with Crippen LogP contribution in [0.25, 0.3) is 0 Å². The van der Waals surface area contributed by atoms with E-state index in [0.29, 0.717) is 23.9 Å². The third-order valence-electron chi connectivity index (χ3n) is 18.5. The van der Waals surface area contributed by atoms with Gasteiger partial charge in [0.2, 0.25) is 0 Å². The first kappa shape index (κ1) is 91.7. The monoisotopic (exact) mass is 1340 g/mol. The van der Waals surface area contributed by atoms with E-state index in [-0.39, 0.29) is 25.6 Å². The summed E-state index contributed by atoms with van der Waals surface area (Å²) < 4.78 is 34.8. The first-order valence-electron chi connectivity index (χ1n) is 41.0. The van der Waals surface area contributed by atoms with Gasteiger partial charge in [0, 0.05) is 12.8 Å². The lowest BCUT2D eigenvalue weighted by molar-refractivity contribution is -0.870. The standard InChI is InChI=1S/C84H158NO8P/c1-6-8-10-12-14-16-18-20-22-24-26-28-30-32-34-36-38-39-40-41-42-43-44-45-47-49-51-53-55-57-59-61-63-65-67-69-71-73-75-77-84(87)93-82(81-92-94(88,89)91-79-78-85(3,4)5)80-90-83(86)76-74-72-70-68-66-64-62-60-58-56-54-52-50-48-46-37-35-33-31-29-27-25-23-21-19-17-15-13-11-9-7-2/h18-21,24-27,30,32,82H,6-17,22-23,28-29,31,33-81H2,1-5H3/p+1/b20-18-,21-19-,26-24-,27-25-,32-30-. The van der Waals surface area contributed by atoms with Crippen LogP contribution in [-0.4, -0.2) is 74.9 Å². The van der Waals surface area contributed by atoms with Crippen molar-refractivity contribution in [1.29, 1.82) is 0 Å². The minimum Gasteiger partial charge on any atom is -0.462 e. The van der Waals surface area contributed by atoms with Crippen LogP contribution in [0.1, 0.15) is 412 Å². The largest absolute Gasteiger partial charge is 0.472 e. The second kappa shape index (κ2) is 74.9. The number of unbranched alkanes of at least 4 members (excludes halogenated alkanes) is 53. The number of quaternary nitrogens is 1. The van der Waals surface area contributed by atoms with Crippen LogP contribution in [0, 0.1) is 0 Å². The quantitative estimate of drug-likeness (QED) is 0.0211. The molecule has 1 N–H and O–H groups in total. The minimum absolute atomic E-state index is 0.0340. The summed E-state index contributed by atoms with van der Waals surface area (Å²) in [6.07, 6.45) is 101. The van der Waals surface area contributed by atoms with Gasteiger partial charge in [0.1, 0.15) is 19.8 Å². The Morgan fingerprint density at radius 2 is 0.574 bits per heavy atom. The van der Waals surface area contributed by atoms with Crippen LogP contribution in [0.4, 0.5) is 0 Å². The van der Waals surface area contributed by atoms with Crippen LogP contribution in [0.3, 0.4) is 0 Å². The van der Waals surface area contributed by atoms with E-state index in [2.05, 4.69) is 74.6 Å². The van der Waals surface area contributed by atoms with E-state index in [1.54, 1.807) is 0 Å². The number of esters is 2. The maximum Gasteiger partial charge on any atom is 0.472 e. The fraction of sp³-hybridized carbons (Fsp3) is 0.857. The number of hydrogen-bond donors (Lipinski definition) is 1. The van der Waals surface area contributed by atoms with Gasteiger partial charge in [0.05, 0.1) is 27.7 Å². The molecule has 0 spiro atoms. The van der Waals surface area contributed by atoms with Crippen molar-refractivity contribution in [3.63, 3.8) is 0 Å². The van der Waals surface area contributed by atoms with Gasteiger partial charge in [0.25, 0.3) is 0 Å². The van der Waals surface area contributed by atoms with Crippen molar-refractivity contribution in [1.82, 2.24) is 0 Å². The number of ether oxygens (including phenoxy) is 2. The molecule has 0 aromatic carbocycles. The van der Waals surface area contributed by atoms with Crippen LogP contribution in [0.5, 0.6) is 0 Å². The molecule has 0 amide bonds. The van der Waals surface area contributed by atoms with Gasteiger partial charge in [-0.3, -0.25) is 18.6 Å². The van der Waals surface area contributed by atoms with E-state index in [0.717, 1.165) is 51.4 Å². The van der Waals surface area contributed by atoms with Crippen LogP contribution >= 0.6 is 7.82 Å². The predicted molar refractivity (Wildman–Crippen MR) is 409 cm³/mol. The van der Waals surface area contributed by atoms with Crippen LogP contribution < -0.4 is 0 Å². The molecule has 0 rings (SSSR count). The molecule has 0 aromatic heterocycles. The molecule has 0 aliphatic carbocycles. The summed E-state index contributed by atoms with van der Waals surface area (Å²) in [5.41, 5.74) is 0. The highest BCUT2D eigenvalue weighted by Gasteiger charge is 2.27. The molecule has 552 valence electrons. The van der Waals surface area contributed by atoms with Crippen molar-refractivity contribution in [2.45, 2.75) is 418 Å². The highest BCUT2D eigenvalue weighted by molar-refractivity contribution is 7.47. The highest BCUT2D eigenvalue weighted by atomic mass is 31.2. The summed E-state index contributed by atoms with van der Waals surface area (Å²) >= 11 is 0. The molecule has 0 fully saturated rings. The molecule has 0 radical (unpaired) electrons. The molecular weight excluding hydrogens is 1180 g/mol. The molecule has 0 aliphatic rings. The summed E-state index contributed by atoms with van der Waals surface area (Å²) in [5.74, 6) is -0.774. The highest BCUT2D eigenvalue weighted by Crippen LogP contribution is 2.43. The SMILES string of the molecule is CCCCCCC/C=C\C/C=C\C/C=C\CCCCCCCCCCCCCCCCCCCCCCCCCCC(=O)OC(COC(=O)CCCCCCCCCCCCCCCCCCCCC/C=C\C/C=C\CCCCCCC)COP(=O)(O)OCC[N+](C)(C)C. The maximum atomic E-state index is 12.9. The van der Waals surface area contributed by atoms with E-state index < -0.39 is 26.5 Å². The molecule has 0 bridgehead atoms. The number of phosphoric ester groups is 1. The van der Waals surface area contributed by atoms with E-state index in [4.69, 9.17) is 18.5 Å².